The second-order valence-corrected chi connectivity index (χ2v) is 7.79. The molecular weight excluding hydrogens is 330 g/mol. The van der Waals surface area contributed by atoms with Crippen LogP contribution in [0.25, 0.3) is 0 Å². The molecular formula is C16H17N3O2S2. The van der Waals surface area contributed by atoms with Crippen molar-refractivity contribution in [3.8, 4) is 0 Å². The predicted molar refractivity (Wildman–Crippen MR) is 91.3 cm³/mol. The lowest BCUT2D eigenvalue weighted by atomic mass is 9.97. The summed E-state index contributed by atoms with van der Waals surface area (Å²) in [5.74, 6) is 0.665. The lowest BCUT2D eigenvalue weighted by Crippen LogP contribution is -2.42. The molecule has 0 spiro atoms. The summed E-state index contributed by atoms with van der Waals surface area (Å²) in [6.45, 7) is 3.39. The fraction of sp³-hybridized carbons (Fsp3) is 0.438. The zero-order valence-electron chi connectivity index (χ0n) is 12.8. The van der Waals surface area contributed by atoms with E-state index in [9.17, 15) is 9.59 Å². The van der Waals surface area contributed by atoms with Crippen molar-refractivity contribution in [3.05, 3.63) is 44.0 Å². The Bertz CT molecular complexity index is 827. The Hall–Kier alpha value is -1.60. The van der Waals surface area contributed by atoms with Gasteiger partial charge in [-0.2, -0.15) is 0 Å². The average molecular weight is 347 g/mol. The molecule has 1 amide bonds. The third-order valence-electron chi connectivity index (χ3n) is 4.53. The number of thioether (sulfide) groups is 1. The Kier molecular flexibility index (Phi) is 3.77. The largest absolute Gasteiger partial charge is 0.331 e. The lowest BCUT2D eigenvalue weighted by molar-refractivity contribution is 0.0654. The summed E-state index contributed by atoms with van der Waals surface area (Å²) in [6, 6.07) is 2.17. The van der Waals surface area contributed by atoms with E-state index < -0.39 is 0 Å². The van der Waals surface area contributed by atoms with Gasteiger partial charge in [-0.05, 0) is 29.9 Å². The van der Waals surface area contributed by atoms with Gasteiger partial charge in [-0.25, -0.2) is 4.98 Å². The quantitative estimate of drug-likeness (QED) is 0.784. The third kappa shape index (κ3) is 2.33. The summed E-state index contributed by atoms with van der Waals surface area (Å²) in [5, 5.41) is 2.81. The van der Waals surface area contributed by atoms with Gasteiger partial charge in [0.15, 0.2) is 5.16 Å². The number of rotatable bonds is 2. The molecule has 2 aromatic heterocycles. The summed E-state index contributed by atoms with van der Waals surface area (Å²) >= 11 is 3.32. The number of nitrogens with zero attached hydrogens (tertiary/aromatic N) is 3. The third-order valence-corrected chi connectivity index (χ3v) is 6.50. The molecule has 0 radical (unpaired) electrons. The molecule has 0 saturated carbocycles. The number of carbonyl (C=O) groups excluding carboxylic acids is 1. The van der Waals surface area contributed by atoms with Crippen molar-refractivity contribution in [1.29, 1.82) is 0 Å². The van der Waals surface area contributed by atoms with E-state index in [0.717, 1.165) is 23.8 Å². The normalized spacial score (nSPS) is 19.5. The monoisotopic (exact) mass is 347 g/mol. The van der Waals surface area contributed by atoms with Gasteiger partial charge in [0.25, 0.3) is 11.5 Å². The van der Waals surface area contributed by atoms with E-state index in [1.165, 1.54) is 16.6 Å². The molecule has 0 aromatic carbocycles. The maximum Gasteiger partial charge on any atom is 0.267 e. The van der Waals surface area contributed by atoms with Crippen molar-refractivity contribution in [2.24, 2.45) is 0 Å². The number of carbonyl (C=O) groups is 1. The number of hydrogen-bond donors (Lipinski definition) is 0. The van der Waals surface area contributed by atoms with Gasteiger partial charge < -0.3 is 4.90 Å². The number of hydrogen-bond acceptors (Lipinski definition) is 5. The van der Waals surface area contributed by atoms with E-state index in [4.69, 9.17) is 0 Å². The van der Waals surface area contributed by atoms with Crippen molar-refractivity contribution in [2.45, 2.75) is 37.5 Å². The van der Waals surface area contributed by atoms with Crippen LogP contribution in [-0.2, 0) is 13.0 Å². The summed E-state index contributed by atoms with van der Waals surface area (Å²) in [6.07, 6.45) is 3.18. The Labute approximate surface area is 142 Å². The molecule has 120 valence electrons. The highest BCUT2D eigenvalue weighted by atomic mass is 32.2. The summed E-state index contributed by atoms with van der Waals surface area (Å²) in [5.41, 5.74) is 1.24. The summed E-state index contributed by atoms with van der Waals surface area (Å²) in [4.78, 5) is 33.1. The van der Waals surface area contributed by atoms with Crippen LogP contribution in [0, 0.1) is 0 Å². The first-order valence-electron chi connectivity index (χ1n) is 7.80. The molecule has 2 aromatic rings. The molecule has 1 unspecified atom stereocenters. The Morgan fingerprint density at radius 2 is 2.30 bits per heavy atom. The van der Waals surface area contributed by atoms with E-state index in [-0.39, 0.29) is 23.1 Å². The summed E-state index contributed by atoms with van der Waals surface area (Å²) in [7, 11) is 0. The van der Waals surface area contributed by atoms with E-state index >= 15 is 0 Å². The molecule has 1 atom stereocenters. The highest BCUT2D eigenvalue weighted by Gasteiger charge is 2.32. The smallest absolute Gasteiger partial charge is 0.267 e. The van der Waals surface area contributed by atoms with Gasteiger partial charge in [0.1, 0.15) is 5.56 Å². The van der Waals surface area contributed by atoms with Crippen LogP contribution in [0.4, 0.5) is 0 Å². The van der Waals surface area contributed by atoms with Gasteiger partial charge >= 0.3 is 0 Å². The van der Waals surface area contributed by atoms with Crippen LogP contribution in [-0.4, -0.2) is 32.7 Å². The van der Waals surface area contributed by atoms with Crippen LogP contribution in [0.5, 0.6) is 0 Å². The molecule has 4 rings (SSSR count). The van der Waals surface area contributed by atoms with Gasteiger partial charge in [0.2, 0.25) is 0 Å². The maximum atomic E-state index is 13.0. The molecule has 0 aliphatic carbocycles. The molecule has 7 heteroatoms. The number of amides is 1. The SMILES string of the molecule is CCC1c2ccsc2CCN1C(=O)c1cnc2n(c1=O)CCS2. The Balaban J connectivity index is 1.71. The molecule has 0 bridgehead atoms. The Morgan fingerprint density at radius 1 is 1.43 bits per heavy atom. The van der Waals surface area contributed by atoms with Crippen molar-refractivity contribution in [1.82, 2.24) is 14.5 Å². The molecule has 4 heterocycles. The van der Waals surface area contributed by atoms with Crippen LogP contribution in [0.3, 0.4) is 0 Å². The highest BCUT2D eigenvalue weighted by Crippen LogP contribution is 2.35. The predicted octanol–water partition coefficient (Wildman–Crippen LogP) is 2.56. The van der Waals surface area contributed by atoms with Crippen molar-refractivity contribution < 1.29 is 4.79 Å². The number of aromatic nitrogens is 2. The zero-order valence-corrected chi connectivity index (χ0v) is 14.5. The molecule has 5 nitrogen and oxygen atoms in total. The standard InChI is InChI=1S/C16H17N3O2S2/c1-2-12-10-4-7-22-13(10)3-5-18(12)14(20)11-9-17-16-19(15(11)21)6-8-23-16/h4,7,9,12H,2-3,5-6,8H2,1H3. The molecule has 0 fully saturated rings. The van der Waals surface area contributed by atoms with Gasteiger partial charge in [-0.1, -0.05) is 18.7 Å². The Morgan fingerprint density at radius 3 is 3.13 bits per heavy atom. The minimum Gasteiger partial charge on any atom is -0.331 e. The minimum atomic E-state index is -0.198. The second kappa shape index (κ2) is 5.79. The van der Waals surface area contributed by atoms with Crippen molar-refractivity contribution in [3.63, 3.8) is 0 Å². The lowest BCUT2D eigenvalue weighted by Gasteiger charge is -2.35. The van der Waals surface area contributed by atoms with Gasteiger partial charge in [-0.3, -0.25) is 14.2 Å². The molecule has 0 saturated heterocycles. The summed E-state index contributed by atoms with van der Waals surface area (Å²) < 4.78 is 1.62. The topological polar surface area (TPSA) is 55.2 Å². The van der Waals surface area contributed by atoms with E-state index in [2.05, 4.69) is 23.4 Å². The van der Waals surface area contributed by atoms with E-state index in [1.807, 2.05) is 4.90 Å². The molecule has 0 N–H and O–H groups in total. The maximum absolute atomic E-state index is 13.0. The van der Waals surface area contributed by atoms with Crippen LogP contribution < -0.4 is 5.56 Å². The van der Waals surface area contributed by atoms with Crippen LogP contribution in [0.2, 0.25) is 0 Å². The first-order chi connectivity index (χ1) is 11.2. The average Bonchev–Trinajstić information content (AvgIpc) is 3.22. The fourth-order valence-corrected chi connectivity index (χ4v) is 5.24. The first kappa shape index (κ1) is 15.0. The molecule has 23 heavy (non-hydrogen) atoms. The number of fused-ring (bicyclic) bond motifs is 2. The van der Waals surface area contributed by atoms with Crippen molar-refractivity contribution >= 4 is 29.0 Å². The second-order valence-electron chi connectivity index (χ2n) is 5.73. The molecule has 2 aliphatic rings. The zero-order chi connectivity index (χ0) is 16.0. The minimum absolute atomic E-state index is 0.0597. The van der Waals surface area contributed by atoms with E-state index in [1.54, 1.807) is 27.7 Å². The fourth-order valence-electron chi connectivity index (χ4n) is 3.40. The molecule has 2 aliphatic heterocycles. The highest BCUT2D eigenvalue weighted by molar-refractivity contribution is 7.99. The van der Waals surface area contributed by atoms with Crippen LogP contribution in [0.1, 0.15) is 40.2 Å². The first-order valence-corrected chi connectivity index (χ1v) is 9.67. The van der Waals surface area contributed by atoms with Crippen LogP contribution in [0.15, 0.2) is 27.6 Å². The van der Waals surface area contributed by atoms with E-state index in [0.29, 0.717) is 13.1 Å². The van der Waals surface area contributed by atoms with Gasteiger partial charge in [0.05, 0.1) is 6.04 Å². The van der Waals surface area contributed by atoms with Crippen molar-refractivity contribution in [2.75, 3.05) is 12.3 Å². The number of thiophene rings is 1. The van der Waals surface area contributed by atoms with Gasteiger partial charge in [-0.15, -0.1) is 11.3 Å². The van der Waals surface area contributed by atoms with Gasteiger partial charge in [0, 0.05) is 29.9 Å². The van der Waals surface area contributed by atoms with Crippen LogP contribution >= 0.6 is 23.1 Å².